The molecule has 2 rings (SSSR count). The molecule has 0 bridgehead atoms. The van der Waals surface area contributed by atoms with Gasteiger partial charge in [0.1, 0.15) is 0 Å². The molecule has 0 aromatic carbocycles. The fraction of sp³-hybridized carbons (Fsp3) is 0.933. The lowest BCUT2D eigenvalue weighted by Gasteiger charge is -2.41. The smallest absolute Gasteiger partial charge is 0.240 e. The molecule has 104 valence electrons. The fourth-order valence-electron chi connectivity index (χ4n) is 3.68. The molecular formula is C15H28N2O. The van der Waals surface area contributed by atoms with Crippen LogP contribution >= 0.6 is 0 Å². The Labute approximate surface area is 111 Å². The van der Waals surface area contributed by atoms with Crippen LogP contribution in [0.2, 0.25) is 0 Å². The Morgan fingerprint density at radius 1 is 1.33 bits per heavy atom. The van der Waals surface area contributed by atoms with E-state index in [1.807, 2.05) is 6.92 Å². The molecule has 2 fully saturated rings. The summed E-state index contributed by atoms with van der Waals surface area (Å²) in [4.78, 5) is 14.6. The van der Waals surface area contributed by atoms with Gasteiger partial charge in [0.25, 0.3) is 0 Å². The van der Waals surface area contributed by atoms with Gasteiger partial charge in [0.05, 0.1) is 12.2 Å². The molecule has 0 aromatic heterocycles. The van der Waals surface area contributed by atoms with Gasteiger partial charge in [0.15, 0.2) is 0 Å². The van der Waals surface area contributed by atoms with Crippen LogP contribution in [-0.4, -0.2) is 29.1 Å². The second kappa shape index (κ2) is 5.60. The van der Waals surface area contributed by atoms with Crippen LogP contribution in [0.5, 0.6) is 0 Å². The summed E-state index contributed by atoms with van der Waals surface area (Å²) in [5, 5.41) is 3.47. The van der Waals surface area contributed by atoms with Crippen molar-refractivity contribution >= 4 is 5.91 Å². The average molecular weight is 252 g/mol. The van der Waals surface area contributed by atoms with Crippen molar-refractivity contribution in [2.75, 3.05) is 0 Å². The first-order valence-electron chi connectivity index (χ1n) is 7.64. The zero-order chi connectivity index (χ0) is 13.3. The first kappa shape index (κ1) is 13.9. The maximum Gasteiger partial charge on any atom is 0.240 e. The van der Waals surface area contributed by atoms with Crippen LogP contribution in [0.15, 0.2) is 0 Å². The number of nitrogens with one attached hydrogen (secondary N) is 1. The summed E-state index contributed by atoms with van der Waals surface area (Å²) in [5.41, 5.74) is 0. The molecule has 0 radical (unpaired) electrons. The summed E-state index contributed by atoms with van der Waals surface area (Å²) in [6.45, 7) is 8.69. The maximum absolute atomic E-state index is 12.4. The lowest BCUT2D eigenvalue weighted by Crippen LogP contribution is -2.51. The van der Waals surface area contributed by atoms with E-state index in [9.17, 15) is 4.79 Å². The van der Waals surface area contributed by atoms with Gasteiger partial charge in [-0.1, -0.05) is 40.0 Å². The van der Waals surface area contributed by atoms with E-state index >= 15 is 0 Å². The van der Waals surface area contributed by atoms with E-state index in [1.54, 1.807) is 0 Å². The molecule has 1 amide bonds. The van der Waals surface area contributed by atoms with Gasteiger partial charge in [-0.2, -0.15) is 0 Å². The van der Waals surface area contributed by atoms with Crippen LogP contribution in [-0.2, 0) is 4.79 Å². The molecular weight excluding hydrogens is 224 g/mol. The summed E-state index contributed by atoms with van der Waals surface area (Å²) in [6, 6.07) is 0.470. The third kappa shape index (κ3) is 2.42. The Bertz CT molecular complexity index is 303. The highest BCUT2D eigenvalue weighted by Crippen LogP contribution is 2.34. The minimum Gasteiger partial charge on any atom is -0.322 e. The van der Waals surface area contributed by atoms with Gasteiger partial charge in [0.2, 0.25) is 5.91 Å². The highest BCUT2D eigenvalue weighted by Gasteiger charge is 2.44. The van der Waals surface area contributed by atoms with Crippen LogP contribution in [0.25, 0.3) is 0 Å². The van der Waals surface area contributed by atoms with Crippen LogP contribution in [0, 0.1) is 11.8 Å². The van der Waals surface area contributed by atoms with E-state index in [-0.39, 0.29) is 12.2 Å². The third-order valence-electron chi connectivity index (χ3n) is 4.73. The molecule has 4 atom stereocenters. The highest BCUT2D eigenvalue weighted by molar-refractivity contribution is 5.84. The molecule has 1 saturated carbocycles. The first-order chi connectivity index (χ1) is 8.56. The van der Waals surface area contributed by atoms with Gasteiger partial charge in [-0.15, -0.1) is 0 Å². The van der Waals surface area contributed by atoms with E-state index in [0.29, 0.717) is 23.8 Å². The van der Waals surface area contributed by atoms with Gasteiger partial charge in [-0.3, -0.25) is 10.1 Å². The Morgan fingerprint density at radius 2 is 2.00 bits per heavy atom. The Morgan fingerprint density at radius 3 is 2.61 bits per heavy atom. The molecule has 18 heavy (non-hydrogen) atoms. The van der Waals surface area contributed by atoms with Crippen molar-refractivity contribution in [2.24, 2.45) is 11.8 Å². The predicted molar refractivity (Wildman–Crippen MR) is 74.1 cm³/mol. The van der Waals surface area contributed by atoms with Crippen molar-refractivity contribution in [3.8, 4) is 0 Å². The second-order valence-electron chi connectivity index (χ2n) is 6.34. The summed E-state index contributed by atoms with van der Waals surface area (Å²) in [7, 11) is 0. The number of carbonyl (C=O) groups excluding carboxylic acids is 1. The van der Waals surface area contributed by atoms with E-state index in [0.717, 1.165) is 0 Å². The van der Waals surface area contributed by atoms with E-state index < -0.39 is 0 Å². The largest absolute Gasteiger partial charge is 0.322 e. The van der Waals surface area contributed by atoms with Crippen LogP contribution in [0.4, 0.5) is 0 Å². The topological polar surface area (TPSA) is 32.3 Å². The minimum absolute atomic E-state index is 0.00293. The molecule has 4 unspecified atom stereocenters. The average Bonchev–Trinajstić information content (AvgIpc) is 2.66. The maximum atomic E-state index is 12.4. The van der Waals surface area contributed by atoms with E-state index in [4.69, 9.17) is 0 Å². The summed E-state index contributed by atoms with van der Waals surface area (Å²) >= 11 is 0. The lowest BCUT2D eigenvalue weighted by molar-refractivity contribution is -0.134. The fourth-order valence-corrected chi connectivity index (χ4v) is 3.68. The summed E-state index contributed by atoms with van der Waals surface area (Å²) < 4.78 is 0. The van der Waals surface area contributed by atoms with Crippen molar-refractivity contribution in [3.63, 3.8) is 0 Å². The van der Waals surface area contributed by atoms with Crippen molar-refractivity contribution in [1.29, 1.82) is 0 Å². The normalized spacial score (nSPS) is 37.6. The molecule has 3 nitrogen and oxygen atoms in total. The minimum atomic E-state index is -0.00293. The number of nitrogens with zero attached hydrogens (tertiary/aromatic N) is 1. The molecule has 2 aliphatic rings. The van der Waals surface area contributed by atoms with Crippen molar-refractivity contribution in [3.05, 3.63) is 0 Å². The molecule has 0 aromatic rings. The number of carbonyl (C=O) groups is 1. The van der Waals surface area contributed by atoms with Crippen molar-refractivity contribution in [1.82, 2.24) is 10.2 Å². The Balaban J connectivity index is 2.19. The Kier molecular flexibility index (Phi) is 4.31. The molecule has 1 aliphatic heterocycles. The van der Waals surface area contributed by atoms with E-state index in [1.165, 1.54) is 32.1 Å². The van der Waals surface area contributed by atoms with Gasteiger partial charge >= 0.3 is 0 Å². The quantitative estimate of drug-likeness (QED) is 0.837. The zero-order valence-corrected chi connectivity index (χ0v) is 12.3. The zero-order valence-electron chi connectivity index (χ0n) is 12.3. The van der Waals surface area contributed by atoms with Gasteiger partial charge in [-0.05, 0) is 31.6 Å². The number of amides is 1. The highest BCUT2D eigenvalue weighted by atomic mass is 16.2. The summed E-state index contributed by atoms with van der Waals surface area (Å²) in [5.74, 6) is 1.51. The molecule has 1 aliphatic carbocycles. The number of hydrogen-bond donors (Lipinski definition) is 1. The molecule has 1 heterocycles. The van der Waals surface area contributed by atoms with Gasteiger partial charge < -0.3 is 4.90 Å². The van der Waals surface area contributed by atoms with Crippen molar-refractivity contribution in [2.45, 2.75) is 78.0 Å². The van der Waals surface area contributed by atoms with Gasteiger partial charge in [-0.25, -0.2) is 0 Å². The van der Waals surface area contributed by atoms with Gasteiger partial charge in [0, 0.05) is 6.04 Å². The summed E-state index contributed by atoms with van der Waals surface area (Å²) in [6.07, 6.45) is 6.56. The number of hydrogen-bond acceptors (Lipinski definition) is 2. The molecule has 1 N–H and O–H groups in total. The Hall–Kier alpha value is -0.570. The van der Waals surface area contributed by atoms with E-state index in [2.05, 4.69) is 31.0 Å². The molecule has 0 spiro atoms. The second-order valence-corrected chi connectivity index (χ2v) is 6.34. The molecule has 1 saturated heterocycles. The van der Waals surface area contributed by atoms with Crippen LogP contribution < -0.4 is 5.32 Å². The van der Waals surface area contributed by atoms with Crippen LogP contribution in [0.3, 0.4) is 0 Å². The monoisotopic (exact) mass is 252 g/mol. The lowest BCUT2D eigenvalue weighted by atomic mass is 9.81. The van der Waals surface area contributed by atoms with Crippen LogP contribution in [0.1, 0.15) is 59.8 Å². The SMILES string of the molecule is CCC1CCCCC1N1C(=O)C(C)NC1C(C)C. The molecule has 3 heteroatoms. The predicted octanol–water partition coefficient (Wildman–Crippen LogP) is 2.76. The number of rotatable bonds is 3. The van der Waals surface area contributed by atoms with Crippen molar-refractivity contribution < 1.29 is 4.79 Å². The first-order valence-corrected chi connectivity index (χ1v) is 7.64. The third-order valence-corrected chi connectivity index (χ3v) is 4.73. The standard InChI is InChI=1S/C15H28N2O/c1-5-12-8-6-7-9-13(12)17-14(10(2)3)16-11(4)15(17)18/h10-14,16H,5-9H2,1-4H3.